The topological polar surface area (TPSA) is 115 Å². The minimum absolute atomic E-state index is 0.167. The predicted molar refractivity (Wildman–Crippen MR) is 144 cm³/mol. The van der Waals surface area contributed by atoms with E-state index in [2.05, 4.69) is 20.8 Å². The molecule has 2 N–H and O–H groups in total. The number of aryl methyl sites for hydroxylation is 1. The molecule has 40 heavy (non-hydrogen) atoms. The standard InChI is InChI=1S/C26H28F3N5O4S2/c1-4-38-24(37)20-16-10-6-8-12-18(16)40-23(20)31-21(35)14(2)39-25-33-32-19(34(25)3)13-30-22(36)15-9-5-7-11-17(15)26(27,28)29/h5,7,9,11,14H,4,6,8,10,12-13H2,1-3H3,(H,30,36)(H,31,35). The van der Waals surface area contributed by atoms with Gasteiger partial charge in [0.05, 0.1) is 35.1 Å². The summed E-state index contributed by atoms with van der Waals surface area (Å²) in [7, 11) is 1.63. The van der Waals surface area contributed by atoms with E-state index in [0.29, 0.717) is 21.5 Å². The van der Waals surface area contributed by atoms with Crippen LogP contribution in [0.25, 0.3) is 0 Å². The van der Waals surface area contributed by atoms with Gasteiger partial charge in [-0.15, -0.1) is 21.5 Å². The van der Waals surface area contributed by atoms with Gasteiger partial charge in [-0.3, -0.25) is 9.59 Å². The molecule has 4 rings (SSSR count). The Hall–Kier alpha value is -3.39. The number of carbonyl (C=O) groups is 3. The van der Waals surface area contributed by atoms with Crippen LogP contribution in [-0.2, 0) is 42.1 Å². The van der Waals surface area contributed by atoms with Crippen molar-refractivity contribution >= 4 is 45.9 Å². The number of amides is 2. The maximum atomic E-state index is 13.3. The summed E-state index contributed by atoms with van der Waals surface area (Å²) < 4.78 is 46.6. The fraction of sp³-hybridized carbons (Fsp3) is 0.423. The molecule has 2 aromatic heterocycles. The lowest BCUT2D eigenvalue weighted by atomic mass is 9.95. The normalized spacial score (nSPS) is 13.8. The summed E-state index contributed by atoms with van der Waals surface area (Å²) >= 11 is 2.52. The molecule has 1 atom stereocenters. The van der Waals surface area contributed by atoms with E-state index >= 15 is 0 Å². The number of anilines is 1. The molecule has 0 fully saturated rings. The smallest absolute Gasteiger partial charge is 0.417 e. The van der Waals surface area contributed by atoms with Gasteiger partial charge in [-0.05, 0) is 57.2 Å². The summed E-state index contributed by atoms with van der Waals surface area (Å²) in [6, 6.07) is 4.52. The molecule has 3 aromatic rings. The number of benzene rings is 1. The number of fused-ring (bicyclic) bond motifs is 1. The zero-order valence-electron chi connectivity index (χ0n) is 22.1. The molecule has 1 unspecified atom stereocenters. The van der Waals surface area contributed by atoms with Crippen molar-refractivity contribution in [3.05, 3.63) is 57.2 Å². The molecule has 2 heterocycles. The van der Waals surface area contributed by atoms with Crippen molar-refractivity contribution in [2.24, 2.45) is 7.05 Å². The Balaban J connectivity index is 1.41. The molecular weight excluding hydrogens is 567 g/mol. The van der Waals surface area contributed by atoms with Gasteiger partial charge in [-0.1, -0.05) is 23.9 Å². The first-order chi connectivity index (χ1) is 19.0. The number of ether oxygens (including phenoxy) is 1. The fourth-order valence-corrected chi connectivity index (χ4v) is 6.40. The SMILES string of the molecule is CCOC(=O)c1c(NC(=O)C(C)Sc2nnc(CNC(=O)c3ccccc3C(F)(F)F)n2C)sc2c1CCCC2. The summed E-state index contributed by atoms with van der Waals surface area (Å²) in [5.41, 5.74) is -0.146. The van der Waals surface area contributed by atoms with E-state index in [1.54, 1.807) is 25.5 Å². The number of nitrogens with one attached hydrogen (secondary N) is 2. The molecule has 9 nitrogen and oxygen atoms in total. The van der Waals surface area contributed by atoms with Crippen LogP contribution in [0.5, 0.6) is 0 Å². The highest BCUT2D eigenvalue weighted by Gasteiger charge is 2.35. The van der Waals surface area contributed by atoms with E-state index in [1.807, 2.05) is 0 Å². The van der Waals surface area contributed by atoms with Gasteiger partial charge in [0, 0.05) is 11.9 Å². The Bertz CT molecular complexity index is 1420. The monoisotopic (exact) mass is 595 g/mol. The quantitative estimate of drug-likeness (QED) is 0.264. The van der Waals surface area contributed by atoms with Crippen LogP contribution in [0, 0.1) is 0 Å². The lowest BCUT2D eigenvalue weighted by molar-refractivity contribution is -0.138. The Morgan fingerprint density at radius 1 is 1.18 bits per heavy atom. The summed E-state index contributed by atoms with van der Waals surface area (Å²) in [4.78, 5) is 39.3. The van der Waals surface area contributed by atoms with Crippen LogP contribution in [0.15, 0.2) is 29.4 Å². The first-order valence-corrected chi connectivity index (χ1v) is 14.3. The lowest BCUT2D eigenvalue weighted by Gasteiger charge is -2.14. The average molecular weight is 596 g/mol. The van der Waals surface area contributed by atoms with E-state index < -0.39 is 34.4 Å². The van der Waals surface area contributed by atoms with Crippen molar-refractivity contribution < 1.29 is 32.3 Å². The fourth-order valence-electron chi connectivity index (χ4n) is 4.28. The van der Waals surface area contributed by atoms with Crippen molar-refractivity contribution in [3.63, 3.8) is 0 Å². The van der Waals surface area contributed by atoms with Crippen LogP contribution in [0.1, 0.15) is 69.2 Å². The molecule has 2 amide bonds. The first kappa shape index (κ1) is 29.6. The maximum Gasteiger partial charge on any atom is 0.417 e. The highest BCUT2D eigenvalue weighted by molar-refractivity contribution is 8.00. The van der Waals surface area contributed by atoms with Crippen LogP contribution >= 0.6 is 23.1 Å². The number of hydrogen-bond donors (Lipinski definition) is 2. The Morgan fingerprint density at radius 2 is 1.90 bits per heavy atom. The molecule has 0 bridgehead atoms. The van der Waals surface area contributed by atoms with Crippen molar-refractivity contribution in [2.75, 3.05) is 11.9 Å². The second-order valence-electron chi connectivity index (χ2n) is 9.07. The number of hydrogen-bond acceptors (Lipinski definition) is 8. The average Bonchev–Trinajstić information content (AvgIpc) is 3.46. The van der Waals surface area contributed by atoms with Crippen molar-refractivity contribution in [2.45, 2.75) is 62.7 Å². The van der Waals surface area contributed by atoms with Crippen LogP contribution in [0.2, 0.25) is 0 Å². The third-order valence-corrected chi connectivity index (χ3v) is 8.69. The minimum Gasteiger partial charge on any atom is -0.462 e. The zero-order valence-corrected chi connectivity index (χ0v) is 23.7. The lowest BCUT2D eigenvalue weighted by Crippen LogP contribution is -2.27. The molecule has 0 aliphatic heterocycles. The highest BCUT2D eigenvalue weighted by atomic mass is 32.2. The molecule has 214 valence electrons. The van der Waals surface area contributed by atoms with E-state index in [0.717, 1.165) is 60.0 Å². The predicted octanol–water partition coefficient (Wildman–Crippen LogP) is 5.00. The number of nitrogens with zero attached hydrogens (tertiary/aromatic N) is 3. The van der Waals surface area contributed by atoms with Crippen LogP contribution in [0.3, 0.4) is 0 Å². The molecule has 0 saturated carbocycles. The second kappa shape index (κ2) is 12.4. The Kier molecular flexibility index (Phi) is 9.19. The summed E-state index contributed by atoms with van der Waals surface area (Å²) in [6.45, 7) is 3.48. The highest BCUT2D eigenvalue weighted by Crippen LogP contribution is 2.39. The van der Waals surface area contributed by atoms with E-state index in [-0.39, 0.29) is 19.1 Å². The van der Waals surface area contributed by atoms with Crippen molar-refractivity contribution in [1.82, 2.24) is 20.1 Å². The summed E-state index contributed by atoms with van der Waals surface area (Å²) in [6.07, 6.45) is -1.05. The molecule has 1 aliphatic rings. The summed E-state index contributed by atoms with van der Waals surface area (Å²) in [5.74, 6) is -1.39. The van der Waals surface area contributed by atoms with Crippen molar-refractivity contribution in [1.29, 1.82) is 0 Å². The molecule has 1 aromatic carbocycles. The third-order valence-electron chi connectivity index (χ3n) is 6.35. The van der Waals surface area contributed by atoms with Gasteiger partial charge in [-0.25, -0.2) is 4.79 Å². The minimum atomic E-state index is -4.67. The maximum absolute atomic E-state index is 13.3. The number of alkyl halides is 3. The second-order valence-corrected chi connectivity index (χ2v) is 11.5. The molecule has 14 heteroatoms. The molecule has 0 radical (unpaired) electrons. The van der Waals surface area contributed by atoms with E-state index in [4.69, 9.17) is 4.74 Å². The molecule has 0 saturated heterocycles. The largest absolute Gasteiger partial charge is 0.462 e. The number of carbonyl (C=O) groups excluding carboxylic acids is 3. The van der Waals surface area contributed by atoms with Gasteiger partial charge in [0.1, 0.15) is 5.00 Å². The molecule has 0 spiro atoms. The number of aromatic nitrogens is 3. The van der Waals surface area contributed by atoms with E-state index in [9.17, 15) is 27.6 Å². The van der Waals surface area contributed by atoms with Gasteiger partial charge in [0.25, 0.3) is 5.91 Å². The number of halogens is 3. The number of thioether (sulfide) groups is 1. The van der Waals surface area contributed by atoms with E-state index in [1.165, 1.54) is 23.5 Å². The van der Waals surface area contributed by atoms with Crippen molar-refractivity contribution in [3.8, 4) is 0 Å². The van der Waals surface area contributed by atoms with Crippen LogP contribution in [0.4, 0.5) is 18.2 Å². The van der Waals surface area contributed by atoms with Gasteiger partial charge in [0.15, 0.2) is 11.0 Å². The molecular formula is C26H28F3N5O4S2. The van der Waals surface area contributed by atoms with Crippen LogP contribution < -0.4 is 10.6 Å². The number of thiophene rings is 1. The Labute approximate surface area is 236 Å². The summed E-state index contributed by atoms with van der Waals surface area (Å²) in [5, 5.41) is 13.6. The molecule has 1 aliphatic carbocycles. The first-order valence-electron chi connectivity index (χ1n) is 12.6. The van der Waals surface area contributed by atoms with Gasteiger partial charge >= 0.3 is 12.1 Å². The zero-order chi connectivity index (χ0) is 29.0. The van der Waals surface area contributed by atoms with Gasteiger partial charge in [0.2, 0.25) is 5.91 Å². The Morgan fingerprint density at radius 3 is 2.62 bits per heavy atom. The third kappa shape index (κ3) is 6.49. The van der Waals surface area contributed by atoms with Gasteiger partial charge in [-0.2, -0.15) is 13.2 Å². The number of rotatable bonds is 9. The van der Waals surface area contributed by atoms with Crippen LogP contribution in [-0.4, -0.2) is 44.4 Å². The number of esters is 1. The van der Waals surface area contributed by atoms with Gasteiger partial charge < -0.3 is 19.9 Å².